The third-order valence-electron chi connectivity index (χ3n) is 7.11. The Balaban J connectivity index is 1.86. The number of carbonyl (C=O) groups is 1. The van der Waals surface area contributed by atoms with Crippen molar-refractivity contribution >= 4 is 22.6 Å². The third-order valence-corrected chi connectivity index (χ3v) is 7.11. The molecule has 3 atom stereocenters. The summed E-state index contributed by atoms with van der Waals surface area (Å²) < 4.78 is 0. The molecule has 2 aliphatic heterocycles. The van der Waals surface area contributed by atoms with Crippen LogP contribution in [0.1, 0.15) is 49.4 Å². The van der Waals surface area contributed by atoms with Crippen LogP contribution in [0.4, 0.5) is 0 Å². The Bertz CT molecular complexity index is 1360. The van der Waals surface area contributed by atoms with Gasteiger partial charge in [0, 0.05) is 17.5 Å². The molecule has 0 spiro atoms. The van der Waals surface area contributed by atoms with Gasteiger partial charge in [-0.05, 0) is 33.5 Å². The van der Waals surface area contributed by atoms with Crippen molar-refractivity contribution in [3.8, 4) is 12.1 Å². The van der Waals surface area contributed by atoms with Crippen LogP contribution in [0.2, 0.25) is 0 Å². The second kappa shape index (κ2) is 7.32. The number of fused-ring (bicyclic) bond motifs is 4. The van der Waals surface area contributed by atoms with Gasteiger partial charge in [0.1, 0.15) is 0 Å². The van der Waals surface area contributed by atoms with E-state index < -0.39 is 28.8 Å². The summed E-state index contributed by atoms with van der Waals surface area (Å²) in [4.78, 5) is 16.0. The minimum absolute atomic E-state index is 0.0295. The number of nitriles is 2. The molecule has 0 N–H and O–H groups in total. The van der Waals surface area contributed by atoms with Crippen molar-refractivity contribution in [3.63, 3.8) is 0 Å². The van der Waals surface area contributed by atoms with Gasteiger partial charge in [-0.2, -0.15) is 10.5 Å². The van der Waals surface area contributed by atoms with Gasteiger partial charge >= 0.3 is 0 Å². The highest BCUT2D eigenvalue weighted by atomic mass is 16.1. The van der Waals surface area contributed by atoms with Crippen LogP contribution in [0, 0.1) is 33.5 Å². The number of rotatable bonds is 2. The van der Waals surface area contributed by atoms with E-state index in [0.29, 0.717) is 0 Å². The Labute approximate surface area is 194 Å². The van der Waals surface area contributed by atoms with Crippen LogP contribution in [-0.2, 0) is 4.79 Å². The number of hydrogen-bond donors (Lipinski definition) is 0. The molecule has 5 rings (SSSR count). The van der Waals surface area contributed by atoms with Crippen molar-refractivity contribution < 1.29 is 4.79 Å². The van der Waals surface area contributed by atoms with Gasteiger partial charge in [0.15, 0.2) is 11.2 Å². The topological polar surface area (TPSA) is 67.9 Å². The second-order valence-electron chi connectivity index (χ2n) is 9.99. The van der Waals surface area contributed by atoms with E-state index in [1.54, 1.807) is 0 Å². The van der Waals surface area contributed by atoms with E-state index >= 15 is 0 Å². The molecule has 1 fully saturated rings. The zero-order chi connectivity index (χ0) is 23.4. The fraction of sp³-hybridized carbons (Fsp3) is 0.276. The molecule has 0 aromatic heterocycles. The Hall–Kier alpha value is -3.89. The fourth-order valence-corrected chi connectivity index (χ4v) is 5.60. The standard InChI is InChI=1S/C29H25N3O/c1-28(2,3)27(33)25-24(23-14-8-11-19-9-4-6-12-21(19)23)29(17-30,18-31)26-22-13-7-5-10-20(22)15-16-32(25)26/h4-16,24-26H,1-3H3/t24-,25+,26-/m0/s1. The number of benzene rings is 3. The Morgan fingerprint density at radius 2 is 1.55 bits per heavy atom. The van der Waals surface area contributed by atoms with Crippen molar-refractivity contribution in [1.29, 1.82) is 10.5 Å². The summed E-state index contributed by atoms with van der Waals surface area (Å²) >= 11 is 0. The van der Waals surface area contributed by atoms with E-state index in [1.165, 1.54) is 0 Å². The first-order valence-electron chi connectivity index (χ1n) is 11.2. The highest BCUT2D eigenvalue weighted by Crippen LogP contribution is 2.61. The monoisotopic (exact) mass is 431 g/mol. The molecule has 0 aliphatic carbocycles. The summed E-state index contributed by atoms with van der Waals surface area (Å²) in [5.74, 6) is -0.576. The quantitative estimate of drug-likeness (QED) is 0.500. The smallest absolute Gasteiger partial charge is 0.177 e. The van der Waals surface area contributed by atoms with Gasteiger partial charge in [0.2, 0.25) is 0 Å². The van der Waals surface area contributed by atoms with Crippen LogP contribution < -0.4 is 0 Å². The molecule has 4 nitrogen and oxygen atoms in total. The molecular formula is C29H25N3O. The van der Waals surface area contributed by atoms with Crippen LogP contribution in [0.25, 0.3) is 16.8 Å². The summed E-state index contributed by atoms with van der Waals surface area (Å²) in [6, 6.07) is 25.5. The molecule has 2 heterocycles. The molecule has 3 aromatic carbocycles. The minimum Gasteiger partial charge on any atom is -0.357 e. The average Bonchev–Trinajstić information content (AvgIpc) is 3.13. The van der Waals surface area contributed by atoms with E-state index in [1.807, 2.05) is 105 Å². The van der Waals surface area contributed by atoms with Crippen LogP contribution in [0.5, 0.6) is 0 Å². The molecule has 0 bridgehead atoms. The molecule has 0 radical (unpaired) electrons. The van der Waals surface area contributed by atoms with Gasteiger partial charge in [0.05, 0.1) is 24.2 Å². The van der Waals surface area contributed by atoms with E-state index in [0.717, 1.165) is 27.5 Å². The van der Waals surface area contributed by atoms with Gasteiger partial charge in [-0.25, -0.2) is 0 Å². The summed E-state index contributed by atoms with van der Waals surface area (Å²) in [7, 11) is 0. The number of ketones is 1. The van der Waals surface area contributed by atoms with Crippen LogP contribution >= 0.6 is 0 Å². The van der Waals surface area contributed by atoms with Gasteiger partial charge in [-0.1, -0.05) is 87.5 Å². The Morgan fingerprint density at radius 1 is 0.909 bits per heavy atom. The highest BCUT2D eigenvalue weighted by Gasteiger charge is 2.64. The van der Waals surface area contributed by atoms with E-state index in [-0.39, 0.29) is 5.78 Å². The number of carbonyl (C=O) groups excluding carboxylic acids is 1. The lowest BCUT2D eigenvalue weighted by molar-refractivity contribution is -0.130. The van der Waals surface area contributed by atoms with E-state index in [9.17, 15) is 15.3 Å². The van der Waals surface area contributed by atoms with Gasteiger partial charge < -0.3 is 4.90 Å². The zero-order valence-corrected chi connectivity index (χ0v) is 19.0. The van der Waals surface area contributed by atoms with Gasteiger partial charge in [0.25, 0.3) is 0 Å². The summed E-state index contributed by atoms with van der Waals surface area (Å²) in [6.07, 6.45) is 3.90. The van der Waals surface area contributed by atoms with Crippen LogP contribution in [-0.4, -0.2) is 16.7 Å². The maximum Gasteiger partial charge on any atom is 0.177 e. The molecule has 0 saturated carbocycles. The normalized spacial score (nSPS) is 22.8. The molecule has 162 valence electrons. The van der Waals surface area contributed by atoms with Crippen LogP contribution in [0.15, 0.2) is 72.9 Å². The molecule has 0 unspecified atom stereocenters. The van der Waals surface area contributed by atoms with Gasteiger partial charge in [-0.3, -0.25) is 4.79 Å². The minimum atomic E-state index is -1.43. The lowest BCUT2D eigenvalue weighted by atomic mass is 9.66. The van der Waals surface area contributed by atoms with Crippen molar-refractivity contribution in [2.24, 2.45) is 10.8 Å². The first-order chi connectivity index (χ1) is 15.8. The molecule has 0 amide bonds. The fourth-order valence-electron chi connectivity index (χ4n) is 5.60. The summed E-state index contributed by atoms with van der Waals surface area (Å²) in [5, 5.41) is 23.3. The molecule has 4 heteroatoms. The average molecular weight is 432 g/mol. The van der Waals surface area contributed by atoms with E-state index in [4.69, 9.17) is 0 Å². The SMILES string of the molecule is CC(C)(C)C(=O)[C@H]1[C@H](c2cccc3ccccc23)C(C#N)(C#N)[C@@H]2c3ccccc3C=CN21. The first kappa shape index (κ1) is 21.0. The van der Waals surface area contributed by atoms with Crippen molar-refractivity contribution in [2.75, 3.05) is 0 Å². The molecular weight excluding hydrogens is 406 g/mol. The number of hydrogen-bond acceptors (Lipinski definition) is 4. The predicted molar refractivity (Wildman–Crippen MR) is 129 cm³/mol. The maximum atomic E-state index is 14.0. The zero-order valence-electron chi connectivity index (χ0n) is 19.0. The molecule has 3 aromatic rings. The largest absolute Gasteiger partial charge is 0.357 e. The molecule has 1 saturated heterocycles. The van der Waals surface area contributed by atoms with Crippen molar-refractivity contribution in [2.45, 2.75) is 38.8 Å². The Kier molecular flexibility index (Phi) is 4.66. The third kappa shape index (κ3) is 2.91. The lowest BCUT2D eigenvalue weighted by Crippen LogP contribution is -2.43. The number of Topliss-reactive ketones (excluding diaryl/α,β-unsaturated/α-hetero) is 1. The lowest BCUT2D eigenvalue weighted by Gasteiger charge is -2.36. The van der Waals surface area contributed by atoms with Gasteiger partial charge in [-0.15, -0.1) is 0 Å². The number of nitrogens with zero attached hydrogens (tertiary/aromatic N) is 3. The van der Waals surface area contributed by atoms with E-state index in [2.05, 4.69) is 12.1 Å². The second-order valence-corrected chi connectivity index (χ2v) is 9.99. The highest BCUT2D eigenvalue weighted by molar-refractivity contribution is 5.93. The maximum absolute atomic E-state index is 14.0. The summed E-state index contributed by atoms with van der Waals surface area (Å²) in [6.45, 7) is 5.72. The Morgan fingerprint density at radius 3 is 2.27 bits per heavy atom. The van der Waals surface area contributed by atoms with Crippen molar-refractivity contribution in [3.05, 3.63) is 89.6 Å². The van der Waals surface area contributed by atoms with Crippen molar-refractivity contribution in [1.82, 2.24) is 4.90 Å². The van der Waals surface area contributed by atoms with Crippen LogP contribution in [0.3, 0.4) is 0 Å². The predicted octanol–water partition coefficient (Wildman–Crippen LogP) is 5.98. The summed E-state index contributed by atoms with van der Waals surface area (Å²) in [5.41, 5.74) is 0.700. The molecule has 2 aliphatic rings. The molecule has 33 heavy (non-hydrogen) atoms. The first-order valence-corrected chi connectivity index (χ1v) is 11.2.